The molecule has 0 spiro atoms. The van der Waals surface area contributed by atoms with Crippen LogP contribution in [0.4, 0.5) is 11.5 Å². The third-order valence-electron chi connectivity index (χ3n) is 3.46. The number of aromatic nitrogens is 2. The Labute approximate surface area is 122 Å². The highest BCUT2D eigenvalue weighted by molar-refractivity contribution is 5.87. The summed E-state index contributed by atoms with van der Waals surface area (Å²) in [4.78, 5) is 11.3. The second-order valence-electron chi connectivity index (χ2n) is 4.79. The van der Waals surface area contributed by atoms with E-state index in [4.69, 9.17) is 0 Å². The molecule has 0 saturated carbocycles. The number of anilines is 2. The average Bonchev–Trinajstić information content (AvgIpc) is 2.55. The van der Waals surface area contributed by atoms with E-state index in [0.717, 1.165) is 25.2 Å². The van der Waals surface area contributed by atoms with Crippen LogP contribution >= 0.6 is 0 Å². The summed E-state index contributed by atoms with van der Waals surface area (Å²) in [5, 5.41) is 14.5. The van der Waals surface area contributed by atoms with Crippen LogP contribution in [0, 0.1) is 0 Å². The van der Waals surface area contributed by atoms with Gasteiger partial charge in [0.1, 0.15) is 0 Å². The summed E-state index contributed by atoms with van der Waals surface area (Å²) in [6.07, 6.45) is 0.978. The number of esters is 1. The Hall–Kier alpha value is -2.47. The molecule has 1 aliphatic heterocycles. The first-order valence-electron chi connectivity index (χ1n) is 6.78. The van der Waals surface area contributed by atoms with Gasteiger partial charge in [0.2, 0.25) is 0 Å². The SMILES string of the molecule is COC(=O)c1ccc(Nc2cccc3c2CCNC3)nn1. The molecule has 1 aromatic heterocycles. The lowest BCUT2D eigenvalue weighted by Gasteiger charge is -2.20. The first-order chi connectivity index (χ1) is 10.3. The summed E-state index contributed by atoms with van der Waals surface area (Å²) in [6.45, 7) is 1.86. The van der Waals surface area contributed by atoms with Crippen molar-refractivity contribution in [2.75, 3.05) is 19.0 Å². The molecule has 108 valence electrons. The van der Waals surface area contributed by atoms with Gasteiger partial charge in [-0.3, -0.25) is 0 Å². The predicted molar refractivity (Wildman–Crippen MR) is 78.5 cm³/mol. The summed E-state index contributed by atoms with van der Waals surface area (Å²) in [6, 6.07) is 9.49. The standard InChI is InChI=1S/C15H16N4O2/c1-21-15(20)13-5-6-14(19-18-13)17-12-4-2-3-10-9-16-8-7-11(10)12/h2-6,16H,7-9H2,1H3,(H,17,19). The highest BCUT2D eigenvalue weighted by Crippen LogP contribution is 2.25. The molecule has 2 heterocycles. The Morgan fingerprint density at radius 3 is 2.95 bits per heavy atom. The van der Waals surface area contributed by atoms with Gasteiger partial charge < -0.3 is 15.4 Å². The van der Waals surface area contributed by atoms with E-state index < -0.39 is 5.97 Å². The minimum atomic E-state index is -0.489. The van der Waals surface area contributed by atoms with Gasteiger partial charge in [-0.25, -0.2) is 4.79 Å². The summed E-state index contributed by atoms with van der Waals surface area (Å²) >= 11 is 0. The van der Waals surface area contributed by atoms with Crippen LogP contribution in [0.1, 0.15) is 21.6 Å². The highest BCUT2D eigenvalue weighted by atomic mass is 16.5. The van der Waals surface area contributed by atoms with Gasteiger partial charge in [0.25, 0.3) is 0 Å². The molecular weight excluding hydrogens is 268 g/mol. The normalized spacial score (nSPS) is 13.4. The van der Waals surface area contributed by atoms with Crippen LogP contribution in [-0.2, 0) is 17.7 Å². The molecule has 0 aliphatic carbocycles. The maximum absolute atomic E-state index is 11.3. The Kier molecular flexibility index (Phi) is 3.79. The van der Waals surface area contributed by atoms with E-state index >= 15 is 0 Å². The first-order valence-corrected chi connectivity index (χ1v) is 6.78. The van der Waals surface area contributed by atoms with Crippen molar-refractivity contribution in [3.63, 3.8) is 0 Å². The van der Waals surface area contributed by atoms with Crippen LogP contribution in [0.3, 0.4) is 0 Å². The molecule has 0 fully saturated rings. The fourth-order valence-electron chi connectivity index (χ4n) is 2.40. The third kappa shape index (κ3) is 2.85. The van der Waals surface area contributed by atoms with E-state index in [1.165, 1.54) is 18.2 Å². The molecule has 0 radical (unpaired) electrons. The van der Waals surface area contributed by atoms with Gasteiger partial charge in [0, 0.05) is 12.2 Å². The zero-order chi connectivity index (χ0) is 14.7. The number of carbonyl (C=O) groups excluding carboxylic acids is 1. The second kappa shape index (κ2) is 5.88. The monoisotopic (exact) mass is 284 g/mol. The van der Waals surface area contributed by atoms with Crippen molar-refractivity contribution >= 4 is 17.5 Å². The zero-order valence-corrected chi connectivity index (χ0v) is 11.7. The van der Waals surface area contributed by atoms with Crippen LogP contribution in [0.25, 0.3) is 0 Å². The molecule has 1 aliphatic rings. The molecule has 1 aromatic carbocycles. The van der Waals surface area contributed by atoms with Crippen LogP contribution in [0.5, 0.6) is 0 Å². The van der Waals surface area contributed by atoms with E-state index in [0.29, 0.717) is 5.82 Å². The Balaban J connectivity index is 1.82. The fourth-order valence-corrected chi connectivity index (χ4v) is 2.40. The maximum atomic E-state index is 11.3. The number of nitrogens with one attached hydrogen (secondary N) is 2. The highest BCUT2D eigenvalue weighted by Gasteiger charge is 2.13. The molecule has 6 heteroatoms. The molecule has 0 saturated heterocycles. The average molecular weight is 284 g/mol. The molecule has 3 rings (SSSR count). The summed E-state index contributed by atoms with van der Waals surface area (Å²) in [5.41, 5.74) is 3.83. The van der Waals surface area contributed by atoms with Crippen molar-refractivity contribution in [3.8, 4) is 0 Å². The minimum Gasteiger partial charge on any atom is -0.464 e. The van der Waals surface area contributed by atoms with Gasteiger partial charge in [0.05, 0.1) is 7.11 Å². The second-order valence-corrected chi connectivity index (χ2v) is 4.79. The molecule has 0 atom stereocenters. The zero-order valence-electron chi connectivity index (χ0n) is 11.7. The number of ether oxygens (including phenoxy) is 1. The van der Waals surface area contributed by atoms with Crippen molar-refractivity contribution in [2.45, 2.75) is 13.0 Å². The first kappa shape index (κ1) is 13.5. The van der Waals surface area contributed by atoms with Crippen molar-refractivity contribution in [1.82, 2.24) is 15.5 Å². The van der Waals surface area contributed by atoms with Crippen molar-refractivity contribution in [1.29, 1.82) is 0 Å². The van der Waals surface area contributed by atoms with E-state index in [9.17, 15) is 4.79 Å². The van der Waals surface area contributed by atoms with E-state index in [-0.39, 0.29) is 5.69 Å². The largest absolute Gasteiger partial charge is 0.464 e. The third-order valence-corrected chi connectivity index (χ3v) is 3.46. The Morgan fingerprint density at radius 1 is 1.29 bits per heavy atom. The number of nitrogens with zero attached hydrogens (tertiary/aromatic N) is 2. The molecule has 0 bridgehead atoms. The molecule has 2 aromatic rings. The van der Waals surface area contributed by atoms with Crippen LogP contribution in [0.15, 0.2) is 30.3 Å². The number of carbonyl (C=O) groups is 1. The summed E-state index contributed by atoms with van der Waals surface area (Å²) in [5.74, 6) is 0.117. The van der Waals surface area contributed by atoms with Crippen LogP contribution in [0.2, 0.25) is 0 Å². The number of benzene rings is 1. The number of methoxy groups -OCH3 is 1. The molecule has 21 heavy (non-hydrogen) atoms. The summed E-state index contributed by atoms with van der Waals surface area (Å²) < 4.78 is 4.60. The Morgan fingerprint density at radius 2 is 2.19 bits per heavy atom. The fraction of sp³-hybridized carbons (Fsp3) is 0.267. The van der Waals surface area contributed by atoms with E-state index in [1.54, 1.807) is 12.1 Å². The van der Waals surface area contributed by atoms with Gasteiger partial charge in [-0.1, -0.05) is 12.1 Å². The number of rotatable bonds is 3. The lowest BCUT2D eigenvalue weighted by atomic mass is 9.99. The van der Waals surface area contributed by atoms with Gasteiger partial charge in [0.15, 0.2) is 11.5 Å². The minimum absolute atomic E-state index is 0.197. The van der Waals surface area contributed by atoms with E-state index in [2.05, 4.69) is 31.6 Å². The molecule has 6 nitrogen and oxygen atoms in total. The predicted octanol–water partition coefficient (Wildman–Crippen LogP) is 1.65. The molecule has 2 N–H and O–H groups in total. The van der Waals surface area contributed by atoms with Gasteiger partial charge in [-0.15, -0.1) is 10.2 Å². The molecule has 0 amide bonds. The van der Waals surface area contributed by atoms with Crippen molar-refractivity contribution < 1.29 is 9.53 Å². The van der Waals surface area contributed by atoms with E-state index in [1.807, 2.05) is 12.1 Å². The van der Waals surface area contributed by atoms with Gasteiger partial charge in [-0.05, 0) is 42.3 Å². The Bertz CT molecular complexity index is 655. The maximum Gasteiger partial charge on any atom is 0.358 e. The smallest absolute Gasteiger partial charge is 0.358 e. The number of fused-ring (bicyclic) bond motifs is 1. The van der Waals surface area contributed by atoms with Crippen LogP contribution < -0.4 is 10.6 Å². The lowest BCUT2D eigenvalue weighted by molar-refractivity contribution is 0.0593. The lowest BCUT2D eigenvalue weighted by Crippen LogP contribution is -2.24. The van der Waals surface area contributed by atoms with Gasteiger partial charge >= 0.3 is 5.97 Å². The van der Waals surface area contributed by atoms with Crippen LogP contribution in [-0.4, -0.2) is 29.8 Å². The number of hydrogen-bond donors (Lipinski definition) is 2. The molecular formula is C15H16N4O2. The summed E-state index contributed by atoms with van der Waals surface area (Å²) in [7, 11) is 1.32. The topological polar surface area (TPSA) is 76.1 Å². The quantitative estimate of drug-likeness (QED) is 0.835. The van der Waals surface area contributed by atoms with Gasteiger partial charge in [-0.2, -0.15) is 0 Å². The van der Waals surface area contributed by atoms with Crippen molar-refractivity contribution in [3.05, 3.63) is 47.2 Å². The van der Waals surface area contributed by atoms with Crippen molar-refractivity contribution in [2.24, 2.45) is 0 Å². The molecule has 0 unspecified atom stereocenters. The number of hydrogen-bond acceptors (Lipinski definition) is 6.